The number of aliphatic hydroxyl groups is 2. The van der Waals surface area contributed by atoms with Gasteiger partial charge in [0.2, 0.25) is 0 Å². The standard InChI is InChI=1S/C29H28O7/c1-5-34-27-25(21-6-10-23(11-7-21)35-28(32)19(3)16-30)14-18(2)15-26(27)22-8-12-24(13-9-22)36-29(33)20(4)17-31/h6-15,30-31H,3-5,16-17H2,1-2H3. The minimum absolute atomic E-state index is 0.0276. The van der Waals surface area contributed by atoms with Crippen LogP contribution >= 0.6 is 0 Å². The van der Waals surface area contributed by atoms with Crippen LogP contribution in [-0.2, 0) is 9.59 Å². The summed E-state index contributed by atoms with van der Waals surface area (Å²) in [6.45, 7) is 10.3. The summed E-state index contributed by atoms with van der Waals surface area (Å²) in [5.74, 6) is -0.0305. The van der Waals surface area contributed by atoms with Crippen LogP contribution < -0.4 is 14.2 Å². The zero-order valence-corrected chi connectivity index (χ0v) is 20.2. The van der Waals surface area contributed by atoms with Gasteiger partial charge in [0.15, 0.2) is 0 Å². The maximum absolute atomic E-state index is 11.9. The van der Waals surface area contributed by atoms with E-state index in [0.717, 1.165) is 27.8 Å². The zero-order chi connectivity index (χ0) is 26.2. The van der Waals surface area contributed by atoms with E-state index in [4.69, 9.17) is 24.4 Å². The summed E-state index contributed by atoms with van der Waals surface area (Å²) in [5.41, 5.74) is 4.39. The summed E-state index contributed by atoms with van der Waals surface area (Å²) in [6.07, 6.45) is 0. The molecule has 7 heteroatoms. The summed E-state index contributed by atoms with van der Waals surface area (Å²) in [5, 5.41) is 18.1. The molecular weight excluding hydrogens is 460 g/mol. The van der Waals surface area contributed by atoms with Crippen molar-refractivity contribution in [1.82, 2.24) is 0 Å². The number of aliphatic hydroxyl groups excluding tert-OH is 2. The van der Waals surface area contributed by atoms with E-state index < -0.39 is 25.2 Å². The lowest BCUT2D eigenvalue weighted by Gasteiger charge is -2.17. The topological polar surface area (TPSA) is 102 Å². The highest BCUT2D eigenvalue weighted by atomic mass is 16.5. The van der Waals surface area contributed by atoms with Gasteiger partial charge in [0.25, 0.3) is 0 Å². The molecule has 0 bridgehead atoms. The van der Waals surface area contributed by atoms with Crippen LogP contribution in [0.4, 0.5) is 0 Å². The van der Waals surface area contributed by atoms with Crippen molar-refractivity contribution in [3.05, 3.63) is 90.5 Å². The third-order valence-electron chi connectivity index (χ3n) is 5.23. The lowest BCUT2D eigenvalue weighted by Crippen LogP contribution is -2.12. The van der Waals surface area contributed by atoms with Crippen LogP contribution in [0.3, 0.4) is 0 Å². The largest absolute Gasteiger partial charge is 0.493 e. The summed E-state index contributed by atoms with van der Waals surface area (Å²) in [4.78, 5) is 23.7. The zero-order valence-electron chi connectivity index (χ0n) is 20.2. The van der Waals surface area contributed by atoms with Gasteiger partial charge in [0, 0.05) is 11.1 Å². The Labute approximate surface area is 209 Å². The van der Waals surface area contributed by atoms with Crippen LogP contribution in [0.15, 0.2) is 85.0 Å². The van der Waals surface area contributed by atoms with Gasteiger partial charge in [0.1, 0.15) is 17.2 Å². The molecule has 0 saturated heterocycles. The summed E-state index contributed by atoms with van der Waals surface area (Å²) in [7, 11) is 0. The molecule has 0 saturated carbocycles. The Morgan fingerprint density at radius 1 is 0.750 bits per heavy atom. The highest BCUT2D eigenvalue weighted by molar-refractivity contribution is 5.90. The first-order valence-electron chi connectivity index (χ1n) is 11.3. The number of benzene rings is 3. The molecule has 0 atom stereocenters. The minimum atomic E-state index is -0.687. The maximum atomic E-state index is 11.9. The lowest BCUT2D eigenvalue weighted by atomic mass is 9.94. The van der Waals surface area contributed by atoms with Crippen molar-refractivity contribution >= 4 is 11.9 Å². The summed E-state index contributed by atoms with van der Waals surface area (Å²) >= 11 is 0. The number of hydrogen-bond donors (Lipinski definition) is 2. The number of esters is 2. The number of carbonyl (C=O) groups is 2. The van der Waals surface area contributed by atoms with Crippen LogP contribution in [-0.4, -0.2) is 42.0 Å². The van der Waals surface area contributed by atoms with Crippen molar-refractivity contribution in [2.75, 3.05) is 19.8 Å². The molecule has 0 aliphatic carbocycles. The van der Waals surface area contributed by atoms with Crippen LogP contribution in [0.25, 0.3) is 22.3 Å². The van der Waals surface area contributed by atoms with E-state index in [1.807, 2.05) is 50.2 Å². The van der Waals surface area contributed by atoms with Crippen LogP contribution in [0.5, 0.6) is 17.2 Å². The monoisotopic (exact) mass is 488 g/mol. The Bertz CT molecular complexity index is 1180. The lowest BCUT2D eigenvalue weighted by molar-refractivity contribution is -0.131. The van der Waals surface area contributed by atoms with Crippen molar-refractivity contribution in [3.8, 4) is 39.5 Å². The SMILES string of the molecule is C=C(CO)C(=O)Oc1ccc(-c2cc(C)cc(-c3ccc(OC(=O)C(=C)CO)cc3)c2OCC)cc1. The van der Waals surface area contributed by atoms with Gasteiger partial charge in [-0.05, 0) is 66.9 Å². The number of carbonyl (C=O) groups excluding carboxylic acids is 2. The molecule has 36 heavy (non-hydrogen) atoms. The second-order valence-electron chi connectivity index (χ2n) is 7.97. The molecule has 0 unspecified atom stereocenters. The number of ether oxygens (including phenoxy) is 3. The molecule has 0 aliphatic rings. The molecule has 3 aromatic carbocycles. The van der Waals surface area contributed by atoms with Gasteiger partial charge in [-0.15, -0.1) is 0 Å². The fourth-order valence-corrected chi connectivity index (χ4v) is 3.39. The first-order chi connectivity index (χ1) is 17.3. The second-order valence-corrected chi connectivity index (χ2v) is 7.97. The van der Waals surface area contributed by atoms with Crippen LogP contribution in [0.2, 0.25) is 0 Å². The first kappa shape index (κ1) is 26.4. The van der Waals surface area contributed by atoms with Gasteiger partial charge >= 0.3 is 11.9 Å². The molecule has 2 N–H and O–H groups in total. The fraction of sp³-hybridized carbons (Fsp3) is 0.172. The molecule has 3 rings (SSSR count). The Balaban J connectivity index is 1.95. The summed E-state index contributed by atoms with van der Waals surface area (Å²) < 4.78 is 16.5. The van der Waals surface area contributed by atoms with E-state index in [1.165, 1.54) is 0 Å². The van der Waals surface area contributed by atoms with E-state index in [1.54, 1.807) is 24.3 Å². The molecule has 0 aromatic heterocycles. The molecule has 0 fully saturated rings. The highest BCUT2D eigenvalue weighted by Crippen LogP contribution is 2.41. The third-order valence-corrected chi connectivity index (χ3v) is 5.23. The molecule has 0 heterocycles. The van der Waals surface area contributed by atoms with Gasteiger partial charge in [-0.25, -0.2) is 9.59 Å². The highest BCUT2D eigenvalue weighted by Gasteiger charge is 2.16. The predicted octanol–water partition coefficient (Wildman–Crippen LogP) is 4.64. The fourth-order valence-electron chi connectivity index (χ4n) is 3.39. The van der Waals surface area contributed by atoms with Crippen LogP contribution in [0.1, 0.15) is 12.5 Å². The van der Waals surface area contributed by atoms with Crippen molar-refractivity contribution in [3.63, 3.8) is 0 Å². The van der Waals surface area contributed by atoms with E-state index in [0.29, 0.717) is 23.9 Å². The average molecular weight is 489 g/mol. The first-order valence-corrected chi connectivity index (χ1v) is 11.3. The van der Waals surface area contributed by atoms with Gasteiger partial charge in [-0.3, -0.25) is 0 Å². The Morgan fingerprint density at radius 2 is 1.14 bits per heavy atom. The molecule has 0 spiro atoms. The predicted molar refractivity (Wildman–Crippen MR) is 137 cm³/mol. The molecule has 0 aliphatic heterocycles. The van der Waals surface area contributed by atoms with E-state index in [9.17, 15) is 9.59 Å². The number of hydrogen-bond acceptors (Lipinski definition) is 7. The average Bonchev–Trinajstić information content (AvgIpc) is 2.89. The maximum Gasteiger partial charge on any atom is 0.341 e. The van der Waals surface area contributed by atoms with Gasteiger partial charge in [0.05, 0.1) is 31.0 Å². The van der Waals surface area contributed by atoms with E-state index in [-0.39, 0.29) is 11.1 Å². The van der Waals surface area contributed by atoms with Crippen LogP contribution in [0, 0.1) is 6.92 Å². The Hall–Kier alpha value is -4.20. The van der Waals surface area contributed by atoms with Gasteiger partial charge in [-0.1, -0.05) is 37.4 Å². The Kier molecular flexibility index (Phi) is 8.78. The van der Waals surface area contributed by atoms with E-state index >= 15 is 0 Å². The van der Waals surface area contributed by atoms with Crippen molar-refractivity contribution < 1.29 is 34.0 Å². The smallest absolute Gasteiger partial charge is 0.341 e. The number of rotatable bonds is 10. The van der Waals surface area contributed by atoms with Crippen molar-refractivity contribution in [1.29, 1.82) is 0 Å². The molecule has 3 aromatic rings. The van der Waals surface area contributed by atoms with Crippen molar-refractivity contribution in [2.45, 2.75) is 13.8 Å². The normalized spacial score (nSPS) is 10.4. The summed E-state index contributed by atoms with van der Waals surface area (Å²) in [6, 6.07) is 18.0. The van der Waals surface area contributed by atoms with Gasteiger partial charge < -0.3 is 24.4 Å². The molecular formula is C29H28O7. The van der Waals surface area contributed by atoms with Crippen molar-refractivity contribution in [2.24, 2.45) is 0 Å². The third kappa shape index (κ3) is 6.27. The molecule has 186 valence electrons. The Morgan fingerprint density at radius 3 is 1.47 bits per heavy atom. The van der Waals surface area contributed by atoms with E-state index in [2.05, 4.69) is 13.2 Å². The molecule has 0 radical (unpaired) electrons. The second kappa shape index (κ2) is 12.0. The number of aryl methyl sites for hydroxylation is 1. The molecule has 0 amide bonds. The quantitative estimate of drug-likeness (QED) is 0.244. The molecule has 7 nitrogen and oxygen atoms in total. The van der Waals surface area contributed by atoms with Gasteiger partial charge in [-0.2, -0.15) is 0 Å². The minimum Gasteiger partial charge on any atom is -0.493 e.